The SMILES string of the molecule is COC1(OC)CCC2(O)[C@H]3Cc4ccc(O)c5c4[C@@]2(CCN3CC2CC2)[C@H]1O5. The average Bonchev–Trinajstić information content (AvgIpc) is 3.43. The van der Waals surface area contributed by atoms with Gasteiger partial charge in [0.2, 0.25) is 5.79 Å². The Balaban J connectivity index is 1.57. The molecule has 6 heteroatoms. The van der Waals surface area contributed by atoms with E-state index in [-0.39, 0.29) is 11.8 Å². The number of likely N-dealkylation sites (tertiary alicyclic amines) is 1. The number of piperidine rings is 1. The van der Waals surface area contributed by atoms with Gasteiger partial charge >= 0.3 is 0 Å². The van der Waals surface area contributed by atoms with Crippen molar-refractivity contribution in [3.05, 3.63) is 23.3 Å². The van der Waals surface area contributed by atoms with E-state index < -0.39 is 22.9 Å². The highest BCUT2D eigenvalue weighted by molar-refractivity contribution is 5.62. The Morgan fingerprint density at radius 2 is 1.96 bits per heavy atom. The average molecular weight is 387 g/mol. The number of methoxy groups -OCH3 is 2. The van der Waals surface area contributed by atoms with E-state index in [1.54, 1.807) is 20.3 Å². The fourth-order valence-corrected chi connectivity index (χ4v) is 6.94. The molecule has 1 aromatic rings. The van der Waals surface area contributed by atoms with Gasteiger partial charge in [0.25, 0.3) is 0 Å². The van der Waals surface area contributed by atoms with Crippen LogP contribution in [0.25, 0.3) is 0 Å². The lowest BCUT2D eigenvalue weighted by molar-refractivity contribution is -0.319. The second-order valence-electron chi connectivity index (χ2n) is 9.47. The lowest BCUT2D eigenvalue weighted by atomic mass is 9.48. The highest BCUT2D eigenvalue weighted by Crippen LogP contribution is 2.67. The van der Waals surface area contributed by atoms with E-state index in [1.807, 2.05) is 6.07 Å². The number of phenols is 1. The molecular formula is C22H29NO5. The van der Waals surface area contributed by atoms with Crippen LogP contribution in [-0.4, -0.2) is 66.0 Å². The van der Waals surface area contributed by atoms with Gasteiger partial charge in [-0.2, -0.15) is 0 Å². The fraction of sp³-hybridized carbons (Fsp3) is 0.727. The molecule has 1 spiro atoms. The number of hydrogen-bond donors (Lipinski definition) is 2. The molecule has 4 atom stereocenters. The normalized spacial score (nSPS) is 40.1. The number of aliphatic hydroxyl groups is 1. The van der Waals surface area contributed by atoms with Gasteiger partial charge in [-0.3, -0.25) is 4.90 Å². The van der Waals surface area contributed by atoms with Crippen LogP contribution in [0.3, 0.4) is 0 Å². The van der Waals surface area contributed by atoms with Crippen molar-refractivity contribution in [2.75, 3.05) is 27.3 Å². The van der Waals surface area contributed by atoms with Crippen molar-refractivity contribution in [2.24, 2.45) is 5.92 Å². The molecule has 1 aromatic carbocycles. The Morgan fingerprint density at radius 1 is 1.18 bits per heavy atom. The Bertz CT molecular complexity index is 834. The molecule has 0 radical (unpaired) electrons. The minimum absolute atomic E-state index is 0.0719. The summed E-state index contributed by atoms with van der Waals surface area (Å²) in [4.78, 5) is 2.53. The van der Waals surface area contributed by atoms with Gasteiger partial charge in [0.1, 0.15) is 0 Å². The lowest BCUT2D eigenvalue weighted by Gasteiger charge is -2.65. The predicted molar refractivity (Wildman–Crippen MR) is 102 cm³/mol. The summed E-state index contributed by atoms with van der Waals surface area (Å²) in [6.45, 7) is 2.01. The molecule has 0 aromatic heterocycles. The minimum Gasteiger partial charge on any atom is -0.504 e. The van der Waals surface area contributed by atoms with Crippen LogP contribution in [0, 0.1) is 5.92 Å². The lowest BCUT2D eigenvalue weighted by Crippen LogP contribution is -2.79. The standard InChI is InChI=1S/C22H29NO5/c1-26-22(27-2)8-7-21(25)16-11-14-5-6-15(24)18-17(14)20(21,19(22)28-18)9-10-23(16)12-13-3-4-13/h5-6,13,16,19,24-25H,3-4,7-12H2,1-2H3/t16-,19-,20+,21?/m1/s1. The van der Waals surface area contributed by atoms with Crippen molar-refractivity contribution in [3.8, 4) is 11.5 Å². The van der Waals surface area contributed by atoms with Gasteiger partial charge in [-0.1, -0.05) is 6.07 Å². The Labute approximate surface area is 165 Å². The number of phenolic OH excluding ortho intramolecular Hbond substituents is 1. The molecule has 1 unspecified atom stereocenters. The quantitative estimate of drug-likeness (QED) is 0.770. The van der Waals surface area contributed by atoms with Crippen LogP contribution in [-0.2, 0) is 21.3 Å². The molecule has 6 nitrogen and oxygen atoms in total. The molecule has 2 aliphatic heterocycles. The van der Waals surface area contributed by atoms with E-state index in [9.17, 15) is 10.2 Å². The van der Waals surface area contributed by atoms with E-state index in [1.165, 1.54) is 18.4 Å². The summed E-state index contributed by atoms with van der Waals surface area (Å²) in [7, 11) is 3.31. The molecule has 1 saturated heterocycles. The number of benzene rings is 1. The number of ether oxygens (including phenoxy) is 3. The van der Waals surface area contributed by atoms with Gasteiger partial charge < -0.3 is 24.4 Å². The third-order valence-corrected chi connectivity index (χ3v) is 8.46. The van der Waals surface area contributed by atoms with Crippen LogP contribution in [0.2, 0.25) is 0 Å². The summed E-state index contributed by atoms with van der Waals surface area (Å²) in [5, 5.41) is 22.9. The first-order chi connectivity index (χ1) is 13.5. The topological polar surface area (TPSA) is 71.4 Å². The highest BCUT2D eigenvalue weighted by Gasteiger charge is 2.76. The van der Waals surface area contributed by atoms with Crippen molar-refractivity contribution in [2.45, 2.75) is 67.5 Å². The maximum absolute atomic E-state index is 12.3. The van der Waals surface area contributed by atoms with Crippen molar-refractivity contribution >= 4 is 0 Å². The van der Waals surface area contributed by atoms with Crippen molar-refractivity contribution < 1.29 is 24.4 Å². The number of hydrogen-bond acceptors (Lipinski definition) is 6. The molecule has 2 bridgehead atoms. The zero-order valence-corrected chi connectivity index (χ0v) is 16.6. The number of nitrogens with zero attached hydrogens (tertiary/aromatic N) is 1. The largest absolute Gasteiger partial charge is 0.504 e. The molecule has 0 amide bonds. The Kier molecular flexibility index (Phi) is 3.39. The van der Waals surface area contributed by atoms with Crippen LogP contribution < -0.4 is 4.74 Å². The van der Waals surface area contributed by atoms with Crippen LogP contribution in [0.4, 0.5) is 0 Å². The second-order valence-corrected chi connectivity index (χ2v) is 9.47. The third-order valence-electron chi connectivity index (χ3n) is 8.46. The zero-order chi connectivity index (χ0) is 19.3. The predicted octanol–water partition coefficient (Wildman–Crippen LogP) is 1.95. The molecule has 3 fully saturated rings. The van der Waals surface area contributed by atoms with E-state index in [0.717, 1.165) is 37.4 Å². The van der Waals surface area contributed by atoms with E-state index in [2.05, 4.69) is 4.90 Å². The summed E-state index contributed by atoms with van der Waals surface area (Å²) in [6.07, 6.45) is 4.91. The summed E-state index contributed by atoms with van der Waals surface area (Å²) >= 11 is 0. The summed E-state index contributed by atoms with van der Waals surface area (Å²) < 4.78 is 18.2. The zero-order valence-electron chi connectivity index (χ0n) is 16.6. The van der Waals surface area contributed by atoms with Crippen LogP contribution in [0.5, 0.6) is 11.5 Å². The molecule has 2 N–H and O–H groups in total. The second kappa shape index (κ2) is 5.42. The van der Waals surface area contributed by atoms with E-state index in [4.69, 9.17) is 14.2 Å². The first-order valence-electron chi connectivity index (χ1n) is 10.6. The van der Waals surface area contributed by atoms with Crippen molar-refractivity contribution in [3.63, 3.8) is 0 Å². The smallest absolute Gasteiger partial charge is 0.206 e. The van der Waals surface area contributed by atoms with Gasteiger partial charge in [-0.05, 0) is 56.2 Å². The maximum atomic E-state index is 12.3. The maximum Gasteiger partial charge on any atom is 0.206 e. The van der Waals surface area contributed by atoms with Crippen molar-refractivity contribution in [1.82, 2.24) is 4.90 Å². The molecule has 6 rings (SSSR count). The first-order valence-corrected chi connectivity index (χ1v) is 10.6. The highest BCUT2D eigenvalue weighted by atomic mass is 16.7. The van der Waals surface area contributed by atoms with Gasteiger partial charge in [-0.25, -0.2) is 0 Å². The summed E-state index contributed by atoms with van der Waals surface area (Å²) in [5.74, 6) is 0.529. The molecule has 28 heavy (non-hydrogen) atoms. The van der Waals surface area contributed by atoms with Crippen LogP contribution in [0.15, 0.2) is 12.1 Å². The minimum atomic E-state index is -0.921. The van der Waals surface area contributed by atoms with E-state index in [0.29, 0.717) is 18.6 Å². The van der Waals surface area contributed by atoms with Crippen molar-refractivity contribution in [1.29, 1.82) is 0 Å². The Morgan fingerprint density at radius 3 is 2.68 bits per heavy atom. The van der Waals surface area contributed by atoms with Crippen LogP contribution in [0.1, 0.15) is 43.2 Å². The molecule has 2 saturated carbocycles. The number of rotatable bonds is 4. The summed E-state index contributed by atoms with van der Waals surface area (Å²) in [5.41, 5.74) is 0.676. The molecule has 2 heterocycles. The number of aromatic hydroxyl groups is 1. The monoisotopic (exact) mass is 387 g/mol. The Hall–Kier alpha value is -1.34. The molecule has 3 aliphatic carbocycles. The van der Waals surface area contributed by atoms with Gasteiger partial charge in [0, 0.05) is 38.8 Å². The first kappa shape index (κ1) is 17.5. The molecular weight excluding hydrogens is 358 g/mol. The van der Waals surface area contributed by atoms with Gasteiger partial charge in [-0.15, -0.1) is 0 Å². The van der Waals surface area contributed by atoms with Gasteiger partial charge in [0.15, 0.2) is 17.6 Å². The third kappa shape index (κ3) is 1.84. The van der Waals surface area contributed by atoms with Gasteiger partial charge in [0.05, 0.1) is 11.0 Å². The fourth-order valence-electron chi connectivity index (χ4n) is 6.94. The molecule has 5 aliphatic rings. The summed E-state index contributed by atoms with van der Waals surface area (Å²) in [6, 6.07) is 3.82. The van der Waals surface area contributed by atoms with Crippen LogP contribution >= 0.6 is 0 Å². The molecule has 152 valence electrons. The van der Waals surface area contributed by atoms with E-state index >= 15 is 0 Å².